The van der Waals surface area contributed by atoms with Gasteiger partial charge in [-0.2, -0.15) is 4.98 Å². The second-order valence-corrected chi connectivity index (χ2v) is 5.03. The average Bonchev–Trinajstić information content (AvgIpc) is 3.14. The molecule has 9 heteroatoms. The van der Waals surface area contributed by atoms with Crippen molar-refractivity contribution in [3.63, 3.8) is 0 Å². The number of nitrogens with zero attached hydrogens (tertiary/aromatic N) is 3. The number of aromatic nitrogens is 4. The highest BCUT2D eigenvalue weighted by atomic mass is 35.5. The summed E-state index contributed by atoms with van der Waals surface area (Å²) in [7, 11) is 0. The maximum atomic E-state index is 12.6. The molecule has 8 nitrogen and oxygen atoms in total. The molecule has 1 aliphatic rings. The van der Waals surface area contributed by atoms with E-state index in [0.29, 0.717) is 17.1 Å². The van der Waals surface area contributed by atoms with Crippen LogP contribution in [0.2, 0.25) is 0 Å². The van der Waals surface area contributed by atoms with Crippen LogP contribution in [0.1, 0.15) is 18.5 Å². The summed E-state index contributed by atoms with van der Waals surface area (Å²) in [5, 5.41) is 0. The Bertz CT molecular complexity index is 936. The van der Waals surface area contributed by atoms with Gasteiger partial charge in [0, 0.05) is 0 Å². The third-order valence-electron chi connectivity index (χ3n) is 3.78. The van der Waals surface area contributed by atoms with Crippen LogP contribution in [0, 0.1) is 0 Å². The van der Waals surface area contributed by atoms with Crippen molar-refractivity contribution in [3.8, 4) is 11.5 Å². The number of nitrogens with two attached hydrogens (primary N) is 1. The second kappa shape index (κ2) is 5.47. The van der Waals surface area contributed by atoms with Crippen LogP contribution in [0.5, 0.6) is 11.5 Å². The lowest BCUT2D eigenvalue weighted by Gasteiger charge is -2.17. The van der Waals surface area contributed by atoms with Gasteiger partial charge in [-0.05, 0) is 24.6 Å². The van der Waals surface area contributed by atoms with Gasteiger partial charge >= 0.3 is 0 Å². The Morgan fingerprint density at radius 3 is 2.96 bits per heavy atom. The molecule has 0 radical (unpaired) electrons. The van der Waals surface area contributed by atoms with Crippen molar-refractivity contribution in [1.29, 1.82) is 0 Å². The Morgan fingerprint density at radius 2 is 2.13 bits per heavy atom. The van der Waals surface area contributed by atoms with Crippen LogP contribution in [0.3, 0.4) is 0 Å². The molecule has 1 unspecified atom stereocenters. The second-order valence-electron chi connectivity index (χ2n) is 5.03. The molecule has 0 saturated carbocycles. The van der Waals surface area contributed by atoms with E-state index in [0.717, 1.165) is 5.56 Å². The van der Waals surface area contributed by atoms with Gasteiger partial charge < -0.3 is 20.2 Å². The number of hydrogen-bond acceptors (Lipinski definition) is 6. The predicted molar refractivity (Wildman–Crippen MR) is 86.2 cm³/mol. The molecular formula is C14H14ClN5O3. The van der Waals surface area contributed by atoms with E-state index in [-0.39, 0.29) is 42.3 Å². The van der Waals surface area contributed by atoms with E-state index in [9.17, 15) is 4.79 Å². The number of hydrogen-bond donors (Lipinski definition) is 2. The zero-order valence-corrected chi connectivity index (χ0v) is 13.0. The molecule has 3 heterocycles. The number of H-pyrrole nitrogens is 1. The van der Waals surface area contributed by atoms with E-state index in [1.807, 2.05) is 25.1 Å². The number of fused-ring (bicyclic) bond motifs is 2. The Hall–Kier alpha value is -2.74. The first kappa shape index (κ1) is 15.2. The normalized spacial score (nSPS) is 13.8. The highest BCUT2D eigenvalue weighted by molar-refractivity contribution is 5.85. The number of nitrogen functional groups attached to an aromatic ring is 1. The van der Waals surface area contributed by atoms with Gasteiger partial charge in [0.15, 0.2) is 22.7 Å². The minimum Gasteiger partial charge on any atom is -0.454 e. The summed E-state index contributed by atoms with van der Waals surface area (Å²) < 4.78 is 12.1. The van der Waals surface area contributed by atoms with E-state index < -0.39 is 0 Å². The molecule has 1 aromatic carbocycles. The monoisotopic (exact) mass is 335 g/mol. The van der Waals surface area contributed by atoms with Crippen molar-refractivity contribution < 1.29 is 9.47 Å². The van der Waals surface area contributed by atoms with E-state index in [1.165, 1.54) is 10.9 Å². The molecule has 0 spiro atoms. The first-order valence-corrected chi connectivity index (χ1v) is 6.76. The molecule has 2 aromatic heterocycles. The number of aromatic amines is 1. The Morgan fingerprint density at radius 1 is 1.35 bits per heavy atom. The zero-order valence-electron chi connectivity index (χ0n) is 12.1. The summed E-state index contributed by atoms with van der Waals surface area (Å²) in [5.41, 5.74) is 7.18. The average molecular weight is 336 g/mol. The van der Waals surface area contributed by atoms with E-state index in [1.54, 1.807) is 0 Å². The lowest BCUT2D eigenvalue weighted by atomic mass is 10.1. The molecule has 3 aromatic rings. The fourth-order valence-corrected chi connectivity index (χ4v) is 2.61. The number of benzene rings is 1. The molecule has 0 amide bonds. The summed E-state index contributed by atoms with van der Waals surface area (Å²) in [6, 6.07) is 5.22. The molecule has 1 atom stereocenters. The summed E-state index contributed by atoms with van der Waals surface area (Å²) in [6.07, 6.45) is 1.42. The number of imidazole rings is 1. The molecule has 0 fully saturated rings. The maximum Gasteiger partial charge on any atom is 0.283 e. The molecular weight excluding hydrogens is 322 g/mol. The van der Waals surface area contributed by atoms with Crippen molar-refractivity contribution >= 4 is 29.5 Å². The van der Waals surface area contributed by atoms with E-state index in [2.05, 4.69) is 15.0 Å². The van der Waals surface area contributed by atoms with Gasteiger partial charge in [0.05, 0.1) is 12.4 Å². The van der Waals surface area contributed by atoms with E-state index in [4.69, 9.17) is 15.2 Å². The van der Waals surface area contributed by atoms with Crippen LogP contribution in [0.4, 0.5) is 5.95 Å². The number of nitrogens with one attached hydrogen (secondary N) is 1. The first-order valence-electron chi connectivity index (χ1n) is 6.76. The largest absolute Gasteiger partial charge is 0.454 e. The smallest absolute Gasteiger partial charge is 0.283 e. The predicted octanol–water partition coefficient (Wildman–Crippen LogP) is 1.46. The fraction of sp³-hybridized carbons (Fsp3) is 0.214. The number of halogens is 1. The summed E-state index contributed by atoms with van der Waals surface area (Å²) in [6.45, 7) is 2.07. The highest BCUT2D eigenvalue weighted by Crippen LogP contribution is 2.35. The van der Waals surface area contributed by atoms with Gasteiger partial charge in [-0.1, -0.05) is 6.07 Å². The maximum absolute atomic E-state index is 12.6. The van der Waals surface area contributed by atoms with Crippen molar-refractivity contribution in [2.45, 2.75) is 13.0 Å². The number of ether oxygens (including phenoxy) is 2. The third kappa shape index (κ3) is 2.27. The summed E-state index contributed by atoms with van der Waals surface area (Å²) >= 11 is 0. The topological polar surface area (TPSA) is 108 Å². The van der Waals surface area contributed by atoms with Crippen LogP contribution in [-0.2, 0) is 0 Å². The molecule has 23 heavy (non-hydrogen) atoms. The SMILES string of the molecule is CC(c1ccc2c(c1)OCO2)n1c(N)nc2[nH]cnc2c1=O.Cl. The van der Waals surface area contributed by atoms with Crippen molar-refractivity contribution in [2.24, 2.45) is 0 Å². The molecule has 4 rings (SSSR count). The lowest BCUT2D eigenvalue weighted by Crippen LogP contribution is -2.28. The van der Waals surface area contributed by atoms with Crippen molar-refractivity contribution in [2.75, 3.05) is 12.5 Å². The van der Waals surface area contributed by atoms with Crippen LogP contribution in [0.25, 0.3) is 11.2 Å². The Kier molecular flexibility index (Phi) is 3.61. The van der Waals surface area contributed by atoms with Gasteiger partial charge in [-0.25, -0.2) is 4.98 Å². The minimum atomic E-state index is -0.310. The minimum absolute atomic E-state index is 0. The molecule has 3 N–H and O–H groups in total. The molecule has 0 aliphatic carbocycles. The van der Waals surface area contributed by atoms with Gasteiger partial charge in [0.2, 0.25) is 12.7 Å². The van der Waals surface area contributed by atoms with Crippen LogP contribution < -0.4 is 20.8 Å². The highest BCUT2D eigenvalue weighted by Gasteiger charge is 2.20. The lowest BCUT2D eigenvalue weighted by molar-refractivity contribution is 0.174. The molecule has 1 aliphatic heterocycles. The molecule has 0 bridgehead atoms. The quantitative estimate of drug-likeness (QED) is 0.734. The zero-order chi connectivity index (χ0) is 15.3. The Balaban J connectivity index is 0.00000156. The van der Waals surface area contributed by atoms with Crippen LogP contribution in [-0.4, -0.2) is 26.3 Å². The van der Waals surface area contributed by atoms with E-state index >= 15 is 0 Å². The van der Waals surface area contributed by atoms with Crippen LogP contribution in [0.15, 0.2) is 29.3 Å². The summed E-state index contributed by atoms with van der Waals surface area (Å²) in [4.78, 5) is 23.5. The van der Waals surface area contributed by atoms with Gasteiger partial charge in [-0.15, -0.1) is 12.4 Å². The standard InChI is InChI=1S/C14H13N5O3.ClH/c1-7(8-2-3-9-10(4-8)22-6-21-9)19-13(20)11-12(17-5-16-11)18-14(19)15;/h2-5,7H,6H2,1H3,(H2,15,18)(H,16,17);1H. The van der Waals surface area contributed by atoms with Gasteiger partial charge in [0.1, 0.15) is 0 Å². The van der Waals surface area contributed by atoms with Crippen LogP contribution >= 0.6 is 12.4 Å². The number of rotatable bonds is 2. The number of anilines is 1. The van der Waals surface area contributed by atoms with Gasteiger partial charge in [-0.3, -0.25) is 9.36 Å². The molecule has 0 saturated heterocycles. The molecule has 120 valence electrons. The van der Waals surface area contributed by atoms with Crippen molar-refractivity contribution in [1.82, 2.24) is 19.5 Å². The first-order chi connectivity index (χ1) is 10.6. The van der Waals surface area contributed by atoms with Crippen molar-refractivity contribution in [3.05, 3.63) is 40.4 Å². The Labute approximate surface area is 136 Å². The summed E-state index contributed by atoms with van der Waals surface area (Å²) in [5.74, 6) is 1.48. The fourth-order valence-electron chi connectivity index (χ4n) is 2.61. The van der Waals surface area contributed by atoms with Gasteiger partial charge in [0.25, 0.3) is 5.56 Å². The third-order valence-corrected chi connectivity index (χ3v) is 3.78.